The molecular weight excluding hydrogens is 448 g/mol. The Kier molecular flexibility index (Phi) is 13.1. The number of carbonyl (C=O) groups is 1. The zero-order valence-electron chi connectivity index (χ0n) is 22.4. The van der Waals surface area contributed by atoms with Crippen molar-refractivity contribution in [3.8, 4) is 0 Å². The molecule has 0 bridgehead atoms. The number of unbranched alkanes of at least 4 members (excludes halogenated alkanes) is 8. The Bertz CT molecular complexity index is 816. The molecule has 0 radical (unpaired) electrons. The van der Waals surface area contributed by atoms with E-state index < -0.39 is 8.32 Å². The highest BCUT2D eigenvalue weighted by Crippen LogP contribution is 2.36. The van der Waals surface area contributed by atoms with Gasteiger partial charge >= 0.3 is 5.97 Å². The van der Waals surface area contributed by atoms with Gasteiger partial charge in [0, 0.05) is 12.7 Å². The number of allylic oxidation sites excluding steroid dienone is 1. The molecule has 0 unspecified atom stereocenters. The Hall–Kier alpha value is -2.17. The monoisotopic (exact) mass is 494 g/mol. The maximum absolute atomic E-state index is 11.3. The quantitative estimate of drug-likeness (QED) is 0.107. The van der Waals surface area contributed by atoms with Gasteiger partial charge in [0.15, 0.2) is 0 Å². The lowest BCUT2D eigenvalue weighted by Gasteiger charge is -2.43. The van der Waals surface area contributed by atoms with Gasteiger partial charge in [-0.1, -0.05) is 126 Å². The SMILES string of the molecule is CCOC(=O)/C=C/CCCCCCCCCCO[Si](c1ccccc1)(c1ccccc1)C(C)(C)C. The van der Waals surface area contributed by atoms with E-state index in [0.29, 0.717) is 6.61 Å². The summed E-state index contributed by atoms with van der Waals surface area (Å²) in [6.45, 7) is 10.1. The zero-order chi connectivity index (χ0) is 25.4. The van der Waals surface area contributed by atoms with Gasteiger partial charge in [-0.2, -0.15) is 0 Å². The molecule has 0 atom stereocenters. The molecule has 0 heterocycles. The molecule has 0 aliphatic carbocycles. The molecule has 0 saturated carbocycles. The second kappa shape index (κ2) is 15.7. The fraction of sp³-hybridized carbons (Fsp3) is 0.516. The lowest BCUT2D eigenvalue weighted by molar-refractivity contribution is -0.137. The highest BCUT2D eigenvalue weighted by Gasteiger charge is 2.49. The number of ether oxygens (including phenoxy) is 1. The molecule has 0 saturated heterocycles. The first-order chi connectivity index (χ1) is 16.9. The van der Waals surface area contributed by atoms with Crippen molar-refractivity contribution < 1.29 is 14.0 Å². The molecule has 0 fully saturated rings. The summed E-state index contributed by atoms with van der Waals surface area (Å²) in [5.41, 5.74) is 0. The average Bonchev–Trinajstić information content (AvgIpc) is 2.85. The van der Waals surface area contributed by atoms with Crippen LogP contribution in [-0.4, -0.2) is 27.5 Å². The molecule has 0 N–H and O–H groups in total. The normalized spacial score (nSPS) is 12.2. The molecule has 35 heavy (non-hydrogen) atoms. The number of benzene rings is 2. The van der Waals surface area contributed by atoms with E-state index >= 15 is 0 Å². The summed E-state index contributed by atoms with van der Waals surface area (Å²) in [6.07, 6.45) is 14.3. The smallest absolute Gasteiger partial charge is 0.330 e. The summed E-state index contributed by atoms with van der Waals surface area (Å²) in [7, 11) is -2.39. The van der Waals surface area contributed by atoms with Crippen LogP contribution < -0.4 is 10.4 Å². The van der Waals surface area contributed by atoms with Gasteiger partial charge in [0.25, 0.3) is 8.32 Å². The molecule has 0 spiro atoms. The van der Waals surface area contributed by atoms with Crippen LogP contribution in [-0.2, 0) is 14.0 Å². The van der Waals surface area contributed by atoms with Gasteiger partial charge in [0.1, 0.15) is 0 Å². The van der Waals surface area contributed by atoms with Gasteiger partial charge in [0.2, 0.25) is 0 Å². The molecule has 2 rings (SSSR count). The summed E-state index contributed by atoms with van der Waals surface area (Å²) in [5.74, 6) is -0.230. The standard InChI is InChI=1S/C31H46O3Si/c1-5-33-30(32)26-20-12-10-8-6-7-9-11-13-21-27-34-35(31(2,3)4,28-22-16-14-17-23-28)29-24-18-15-19-25-29/h14-20,22-26H,5-13,21,27H2,1-4H3/b26-20+. The molecule has 2 aromatic rings. The number of rotatable bonds is 16. The fourth-order valence-electron chi connectivity index (χ4n) is 4.78. The fourth-order valence-corrected chi connectivity index (χ4v) is 9.39. The van der Waals surface area contributed by atoms with E-state index in [1.807, 2.05) is 13.0 Å². The second-order valence-electron chi connectivity index (χ2n) is 10.3. The minimum absolute atomic E-state index is 0.0429. The first kappa shape index (κ1) is 29.1. The number of carbonyl (C=O) groups excluding carboxylic acids is 1. The lowest BCUT2D eigenvalue weighted by atomic mass is 10.1. The van der Waals surface area contributed by atoms with E-state index in [1.54, 1.807) is 6.08 Å². The highest BCUT2D eigenvalue weighted by atomic mass is 28.4. The van der Waals surface area contributed by atoms with Crippen molar-refractivity contribution in [3.05, 3.63) is 72.8 Å². The van der Waals surface area contributed by atoms with E-state index in [-0.39, 0.29) is 11.0 Å². The van der Waals surface area contributed by atoms with Crippen molar-refractivity contribution in [2.45, 2.75) is 90.5 Å². The van der Waals surface area contributed by atoms with Crippen molar-refractivity contribution in [1.29, 1.82) is 0 Å². The van der Waals surface area contributed by atoms with E-state index in [1.165, 1.54) is 48.9 Å². The maximum atomic E-state index is 11.3. The van der Waals surface area contributed by atoms with E-state index in [0.717, 1.165) is 25.9 Å². The molecule has 2 aromatic carbocycles. The van der Waals surface area contributed by atoms with Crippen LogP contribution in [0.15, 0.2) is 72.8 Å². The van der Waals surface area contributed by atoms with Crippen molar-refractivity contribution in [2.75, 3.05) is 13.2 Å². The minimum Gasteiger partial charge on any atom is -0.463 e. The van der Waals surface area contributed by atoms with Crippen LogP contribution >= 0.6 is 0 Å². The molecule has 0 aliphatic heterocycles. The van der Waals surface area contributed by atoms with Crippen LogP contribution in [0.4, 0.5) is 0 Å². The van der Waals surface area contributed by atoms with E-state index in [4.69, 9.17) is 9.16 Å². The summed E-state index contributed by atoms with van der Waals surface area (Å²) < 4.78 is 11.9. The van der Waals surface area contributed by atoms with Crippen LogP contribution in [0, 0.1) is 0 Å². The average molecular weight is 495 g/mol. The first-order valence-electron chi connectivity index (χ1n) is 13.5. The Morgan fingerprint density at radius 1 is 0.771 bits per heavy atom. The zero-order valence-corrected chi connectivity index (χ0v) is 23.4. The van der Waals surface area contributed by atoms with Gasteiger partial charge in [0.05, 0.1) is 6.61 Å². The van der Waals surface area contributed by atoms with Crippen LogP contribution in [0.1, 0.15) is 85.5 Å². The van der Waals surface area contributed by atoms with Gasteiger partial charge in [-0.15, -0.1) is 0 Å². The molecule has 0 aromatic heterocycles. The topological polar surface area (TPSA) is 35.5 Å². The molecule has 4 heteroatoms. The second-order valence-corrected chi connectivity index (χ2v) is 14.6. The summed E-state index contributed by atoms with van der Waals surface area (Å²) in [5, 5.41) is 2.76. The maximum Gasteiger partial charge on any atom is 0.330 e. The summed E-state index contributed by atoms with van der Waals surface area (Å²) >= 11 is 0. The molecule has 3 nitrogen and oxygen atoms in total. The number of esters is 1. The van der Waals surface area contributed by atoms with Gasteiger partial charge in [-0.25, -0.2) is 4.79 Å². The number of hydrogen-bond donors (Lipinski definition) is 0. The van der Waals surface area contributed by atoms with Crippen LogP contribution in [0.3, 0.4) is 0 Å². The van der Waals surface area contributed by atoms with Crippen molar-refractivity contribution in [3.63, 3.8) is 0 Å². The molecule has 192 valence electrons. The van der Waals surface area contributed by atoms with Crippen LogP contribution in [0.5, 0.6) is 0 Å². The van der Waals surface area contributed by atoms with Crippen LogP contribution in [0.25, 0.3) is 0 Å². The van der Waals surface area contributed by atoms with Crippen molar-refractivity contribution in [2.24, 2.45) is 0 Å². The lowest BCUT2D eigenvalue weighted by Crippen LogP contribution is -2.66. The minimum atomic E-state index is -2.39. The predicted molar refractivity (Wildman–Crippen MR) is 151 cm³/mol. The van der Waals surface area contributed by atoms with Crippen molar-refractivity contribution >= 4 is 24.7 Å². The highest BCUT2D eigenvalue weighted by molar-refractivity contribution is 6.99. The summed E-state index contributed by atoms with van der Waals surface area (Å²) in [6, 6.07) is 21.8. The Morgan fingerprint density at radius 3 is 1.74 bits per heavy atom. The van der Waals surface area contributed by atoms with Gasteiger partial charge < -0.3 is 9.16 Å². The number of hydrogen-bond acceptors (Lipinski definition) is 3. The third-order valence-corrected chi connectivity index (χ3v) is 11.6. The molecular formula is C31H46O3Si. The molecule has 0 aliphatic rings. The van der Waals surface area contributed by atoms with Gasteiger partial charge in [-0.3, -0.25) is 0 Å². The van der Waals surface area contributed by atoms with E-state index in [9.17, 15) is 4.79 Å². The van der Waals surface area contributed by atoms with Crippen molar-refractivity contribution in [1.82, 2.24) is 0 Å². The molecule has 0 amide bonds. The Labute approximate surface area is 215 Å². The van der Waals surface area contributed by atoms with Crippen LogP contribution in [0.2, 0.25) is 5.04 Å². The third-order valence-electron chi connectivity index (χ3n) is 6.54. The van der Waals surface area contributed by atoms with E-state index in [2.05, 4.69) is 81.4 Å². The largest absolute Gasteiger partial charge is 0.463 e. The predicted octanol–water partition coefficient (Wildman–Crippen LogP) is 7.19. The first-order valence-corrected chi connectivity index (χ1v) is 15.4. The van der Waals surface area contributed by atoms with Gasteiger partial charge in [-0.05, 0) is 41.6 Å². The Balaban J connectivity index is 1.74. The Morgan fingerprint density at radius 2 is 1.26 bits per heavy atom. The summed E-state index contributed by atoms with van der Waals surface area (Å²) in [4.78, 5) is 11.3. The third kappa shape index (κ3) is 9.42.